The number of phenolic OH excluding ortho intramolecular Hbond substituents is 1. The van der Waals surface area contributed by atoms with Crippen molar-refractivity contribution in [1.29, 1.82) is 0 Å². The van der Waals surface area contributed by atoms with Crippen LogP contribution >= 0.6 is 0 Å². The van der Waals surface area contributed by atoms with Gasteiger partial charge in [-0.3, -0.25) is 10.1 Å². The maximum absolute atomic E-state index is 11.0. The molecule has 5 nitrogen and oxygen atoms in total. The summed E-state index contributed by atoms with van der Waals surface area (Å²) in [6, 6.07) is 16.5. The molecule has 0 aliphatic rings. The van der Waals surface area contributed by atoms with Crippen LogP contribution in [0.25, 0.3) is 10.8 Å². The van der Waals surface area contributed by atoms with Crippen LogP contribution in [0.15, 0.2) is 60.7 Å². The third-order valence-electron chi connectivity index (χ3n) is 3.09. The van der Waals surface area contributed by atoms with Gasteiger partial charge in [0, 0.05) is 6.07 Å². The predicted octanol–water partition coefficient (Wildman–Crippen LogP) is 4.25. The number of nitrogens with zero attached hydrogens (tertiary/aromatic N) is 1. The van der Waals surface area contributed by atoms with Gasteiger partial charge in [-0.1, -0.05) is 24.3 Å². The summed E-state index contributed by atoms with van der Waals surface area (Å²) in [4.78, 5) is 10.5. The van der Waals surface area contributed by atoms with Crippen LogP contribution in [0, 0.1) is 10.1 Å². The second-order valence-electron chi connectivity index (χ2n) is 4.52. The Bertz CT molecular complexity index is 829. The maximum Gasteiger partial charge on any atom is 0.311 e. The molecule has 0 bridgehead atoms. The van der Waals surface area contributed by atoms with Gasteiger partial charge in [0.2, 0.25) is 5.75 Å². The summed E-state index contributed by atoms with van der Waals surface area (Å²) < 4.78 is 5.60. The molecule has 0 aliphatic heterocycles. The lowest BCUT2D eigenvalue weighted by molar-refractivity contribution is -0.385. The van der Waals surface area contributed by atoms with E-state index >= 15 is 0 Å². The second-order valence-corrected chi connectivity index (χ2v) is 4.52. The Morgan fingerprint density at radius 2 is 1.71 bits per heavy atom. The standard InChI is InChI=1S/C16H11NO4/c18-13-7-5-11-6-8-14(10-12(11)9-13)21-16-4-2-1-3-15(16)17(19)20/h1-10,18H. The molecule has 0 heterocycles. The van der Waals surface area contributed by atoms with Crippen molar-refractivity contribution < 1.29 is 14.8 Å². The first-order valence-corrected chi connectivity index (χ1v) is 6.27. The summed E-state index contributed by atoms with van der Waals surface area (Å²) in [6.07, 6.45) is 0. The molecule has 0 saturated carbocycles. The number of ether oxygens (including phenoxy) is 1. The van der Waals surface area contributed by atoms with Crippen molar-refractivity contribution >= 4 is 16.5 Å². The number of para-hydroxylation sites is 2. The first-order chi connectivity index (χ1) is 10.1. The van der Waals surface area contributed by atoms with Crippen LogP contribution in [-0.4, -0.2) is 10.0 Å². The van der Waals surface area contributed by atoms with Gasteiger partial charge >= 0.3 is 5.69 Å². The summed E-state index contributed by atoms with van der Waals surface area (Å²) in [5, 5.41) is 22.2. The number of nitro benzene ring substituents is 1. The first-order valence-electron chi connectivity index (χ1n) is 6.27. The van der Waals surface area contributed by atoms with Crippen molar-refractivity contribution in [3.8, 4) is 17.2 Å². The van der Waals surface area contributed by atoms with Crippen LogP contribution in [-0.2, 0) is 0 Å². The van der Waals surface area contributed by atoms with E-state index in [1.165, 1.54) is 6.07 Å². The smallest absolute Gasteiger partial charge is 0.311 e. The Kier molecular flexibility index (Phi) is 3.16. The van der Waals surface area contributed by atoms with Gasteiger partial charge in [-0.15, -0.1) is 0 Å². The number of rotatable bonds is 3. The second kappa shape index (κ2) is 5.13. The zero-order valence-electron chi connectivity index (χ0n) is 10.9. The number of fused-ring (bicyclic) bond motifs is 1. The van der Waals surface area contributed by atoms with Crippen molar-refractivity contribution in [1.82, 2.24) is 0 Å². The Balaban J connectivity index is 2.00. The monoisotopic (exact) mass is 281 g/mol. The third-order valence-corrected chi connectivity index (χ3v) is 3.09. The zero-order valence-corrected chi connectivity index (χ0v) is 10.9. The lowest BCUT2D eigenvalue weighted by Crippen LogP contribution is -1.92. The molecule has 3 aromatic carbocycles. The van der Waals surface area contributed by atoms with Crippen molar-refractivity contribution in [2.75, 3.05) is 0 Å². The van der Waals surface area contributed by atoms with E-state index in [2.05, 4.69) is 0 Å². The molecule has 0 amide bonds. The number of benzene rings is 3. The maximum atomic E-state index is 11.0. The van der Waals surface area contributed by atoms with Crippen molar-refractivity contribution in [2.45, 2.75) is 0 Å². The fourth-order valence-corrected chi connectivity index (χ4v) is 2.10. The lowest BCUT2D eigenvalue weighted by atomic mass is 10.1. The van der Waals surface area contributed by atoms with Gasteiger partial charge < -0.3 is 9.84 Å². The minimum atomic E-state index is -0.484. The third kappa shape index (κ3) is 2.62. The van der Waals surface area contributed by atoms with Crippen LogP contribution in [0.3, 0.4) is 0 Å². The van der Waals surface area contributed by atoms with Crippen molar-refractivity contribution in [3.63, 3.8) is 0 Å². The summed E-state index contributed by atoms with van der Waals surface area (Å²) in [7, 11) is 0. The molecule has 104 valence electrons. The summed E-state index contributed by atoms with van der Waals surface area (Å²) in [5.41, 5.74) is -0.0893. The zero-order chi connectivity index (χ0) is 14.8. The number of aromatic hydroxyl groups is 1. The van der Waals surface area contributed by atoms with Gasteiger partial charge in [0.05, 0.1) is 4.92 Å². The summed E-state index contributed by atoms with van der Waals surface area (Å²) in [5.74, 6) is 0.815. The average Bonchev–Trinajstić information content (AvgIpc) is 2.47. The highest BCUT2D eigenvalue weighted by Gasteiger charge is 2.14. The molecular formula is C16H11NO4. The molecule has 5 heteroatoms. The molecule has 3 rings (SSSR count). The Hall–Kier alpha value is -3.08. The van der Waals surface area contributed by atoms with E-state index in [1.54, 1.807) is 48.5 Å². The number of phenols is 1. The molecule has 0 aliphatic carbocycles. The van der Waals surface area contributed by atoms with Gasteiger partial charge in [-0.05, 0) is 41.1 Å². The topological polar surface area (TPSA) is 72.6 Å². The molecule has 0 unspecified atom stereocenters. The Morgan fingerprint density at radius 1 is 0.952 bits per heavy atom. The average molecular weight is 281 g/mol. The van der Waals surface area contributed by atoms with E-state index in [1.807, 2.05) is 6.07 Å². The van der Waals surface area contributed by atoms with E-state index in [4.69, 9.17) is 4.74 Å². The minimum Gasteiger partial charge on any atom is -0.508 e. The molecule has 21 heavy (non-hydrogen) atoms. The van der Waals surface area contributed by atoms with Gasteiger partial charge in [0.1, 0.15) is 11.5 Å². The Labute approximate surface area is 120 Å². The first kappa shape index (κ1) is 12.9. The lowest BCUT2D eigenvalue weighted by Gasteiger charge is -2.07. The molecule has 0 spiro atoms. The number of nitro groups is 1. The van der Waals surface area contributed by atoms with Gasteiger partial charge in [-0.2, -0.15) is 0 Å². The normalized spacial score (nSPS) is 10.5. The number of hydrogen-bond donors (Lipinski definition) is 1. The van der Waals surface area contributed by atoms with Crippen molar-refractivity contribution in [2.24, 2.45) is 0 Å². The molecule has 0 fully saturated rings. The summed E-state index contributed by atoms with van der Waals surface area (Å²) in [6.45, 7) is 0. The predicted molar refractivity (Wildman–Crippen MR) is 78.8 cm³/mol. The highest BCUT2D eigenvalue weighted by atomic mass is 16.6. The van der Waals surface area contributed by atoms with E-state index in [0.29, 0.717) is 5.75 Å². The molecule has 0 saturated heterocycles. The molecular weight excluding hydrogens is 270 g/mol. The largest absolute Gasteiger partial charge is 0.508 e. The van der Waals surface area contributed by atoms with E-state index in [-0.39, 0.29) is 17.2 Å². The van der Waals surface area contributed by atoms with E-state index in [9.17, 15) is 15.2 Å². The highest BCUT2D eigenvalue weighted by molar-refractivity contribution is 5.85. The van der Waals surface area contributed by atoms with E-state index in [0.717, 1.165) is 10.8 Å². The van der Waals surface area contributed by atoms with E-state index < -0.39 is 4.92 Å². The van der Waals surface area contributed by atoms with Crippen LogP contribution in [0.5, 0.6) is 17.2 Å². The minimum absolute atomic E-state index is 0.0893. The van der Waals surface area contributed by atoms with Crippen LogP contribution in [0.4, 0.5) is 5.69 Å². The van der Waals surface area contributed by atoms with Gasteiger partial charge in [0.25, 0.3) is 0 Å². The highest BCUT2D eigenvalue weighted by Crippen LogP contribution is 2.32. The molecule has 0 aromatic heterocycles. The molecule has 0 radical (unpaired) electrons. The molecule has 1 N–H and O–H groups in total. The fourth-order valence-electron chi connectivity index (χ4n) is 2.10. The summed E-state index contributed by atoms with van der Waals surface area (Å²) >= 11 is 0. The molecule has 0 atom stereocenters. The van der Waals surface area contributed by atoms with Crippen LogP contribution in [0.1, 0.15) is 0 Å². The quantitative estimate of drug-likeness (QED) is 0.575. The number of hydrogen-bond acceptors (Lipinski definition) is 4. The van der Waals surface area contributed by atoms with Gasteiger partial charge in [-0.25, -0.2) is 0 Å². The van der Waals surface area contributed by atoms with Gasteiger partial charge in [0.15, 0.2) is 0 Å². The van der Waals surface area contributed by atoms with Crippen LogP contribution in [0.2, 0.25) is 0 Å². The fraction of sp³-hybridized carbons (Fsp3) is 0. The Morgan fingerprint density at radius 3 is 2.52 bits per heavy atom. The van der Waals surface area contributed by atoms with Crippen molar-refractivity contribution in [3.05, 3.63) is 70.8 Å². The van der Waals surface area contributed by atoms with Crippen LogP contribution < -0.4 is 4.74 Å². The SMILES string of the molecule is O=[N+]([O-])c1ccccc1Oc1ccc2ccc(O)cc2c1. The molecule has 3 aromatic rings.